The third-order valence-corrected chi connectivity index (χ3v) is 6.88. The molecule has 1 aliphatic heterocycles. The summed E-state index contributed by atoms with van der Waals surface area (Å²) in [7, 11) is -1.05. The van der Waals surface area contributed by atoms with E-state index in [2.05, 4.69) is 0 Å². The van der Waals surface area contributed by atoms with Gasteiger partial charge in [-0.05, 0) is 41.3 Å². The lowest BCUT2D eigenvalue weighted by Crippen LogP contribution is -2.48. The molecule has 0 bridgehead atoms. The summed E-state index contributed by atoms with van der Waals surface area (Å²) in [5.74, 6) is 0.0170. The molecular weight excluding hydrogens is 386 g/mol. The standard InChI is InChI=1S/C16H17NO5S2.ClH/c1-21-12-3-5-13(6-4-12)24(19,20)17-10-11-7-8-23-15(11)9-14(17)16(18)22-2;/h3-8,14H,9-10H2,1-2H3;1H. The Morgan fingerprint density at radius 1 is 1.20 bits per heavy atom. The number of benzene rings is 1. The molecule has 25 heavy (non-hydrogen) atoms. The van der Waals surface area contributed by atoms with Gasteiger partial charge < -0.3 is 9.47 Å². The highest BCUT2D eigenvalue weighted by molar-refractivity contribution is 7.89. The van der Waals surface area contributed by atoms with E-state index in [1.165, 1.54) is 42.0 Å². The summed E-state index contributed by atoms with van der Waals surface area (Å²) < 4.78 is 37.2. The fourth-order valence-corrected chi connectivity index (χ4v) is 5.21. The Hall–Kier alpha value is -1.61. The minimum Gasteiger partial charge on any atom is -0.497 e. The first kappa shape index (κ1) is 19.7. The quantitative estimate of drug-likeness (QED) is 0.733. The smallest absolute Gasteiger partial charge is 0.324 e. The van der Waals surface area contributed by atoms with E-state index >= 15 is 0 Å². The highest BCUT2D eigenvalue weighted by Gasteiger charge is 2.40. The number of hydrogen-bond donors (Lipinski definition) is 0. The topological polar surface area (TPSA) is 72.9 Å². The zero-order chi connectivity index (χ0) is 17.3. The van der Waals surface area contributed by atoms with E-state index in [4.69, 9.17) is 9.47 Å². The van der Waals surface area contributed by atoms with Crippen molar-refractivity contribution in [3.8, 4) is 5.75 Å². The first-order valence-corrected chi connectivity index (χ1v) is 9.58. The van der Waals surface area contributed by atoms with Crippen LogP contribution in [0, 0.1) is 0 Å². The molecule has 6 nitrogen and oxygen atoms in total. The molecule has 1 unspecified atom stereocenters. The summed E-state index contributed by atoms with van der Waals surface area (Å²) in [6, 6.07) is 7.16. The third kappa shape index (κ3) is 3.67. The first-order chi connectivity index (χ1) is 11.5. The van der Waals surface area contributed by atoms with Crippen molar-refractivity contribution in [2.75, 3.05) is 14.2 Å². The highest BCUT2D eigenvalue weighted by Crippen LogP contribution is 2.32. The van der Waals surface area contributed by atoms with Crippen LogP contribution in [0.15, 0.2) is 40.6 Å². The predicted molar refractivity (Wildman–Crippen MR) is 96.8 cm³/mol. The van der Waals surface area contributed by atoms with Crippen molar-refractivity contribution in [1.29, 1.82) is 0 Å². The van der Waals surface area contributed by atoms with E-state index in [1.54, 1.807) is 12.1 Å². The second kappa shape index (κ2) is 7.74. The maximum absolute atomic E-state index is 13.0. The number of halogens is 1. The Bertz CT molecular complexity index is 848. The second-order valence-electron chi connectivity index (χ2n) is 5.34. The maximum Gasteiger partial charge on any atom is 0.324 e. The van der Waals surface area contributed by atoms with Crippen molar-refractivity contribution in [2.45, 2.75) is 23.9 Å². The molecule has 1 aromatic carbocycles. The molecule has 1 atom stereocenters. The molecule has 1 aromatic heterocycles. The number of sulfonamides is 1. The summed E-state index contributed by atoms with van der Waals surface area (Å²) in [6.45, 7) is 0.160. The van der Waals surface area contributed by atoms with Crippen LogP contribution in [-0.2, 0) is 32.5 Å². The number of ether oxygens (including phenoxy) is 2. The number of nitrogens with zero attached hydrogens (tertiary/aromatic N) is 1. The van der Waals surface area contributed by atoms with Gasteiger partial charge >= 0.3 is 5.97 Å². The number of carbonyl (C=O) groups is 1. The van der Waals surface area contributed by atoms with E-state index in [0.717, 1.165) is 10.4 Å². The number of methoxy groups -OCH3 is 2. The SMILES string of the molecule is COC(=O)C1Cc2sccc2CN1S(=O)(=O)c1ccc(OC)cc1.Cl. The Labute approximate surface area is 156 Å². The zero-order valence-electron chi connectivity index (χ0n) is 13.7. The number of rotatable bonds is 4. The molecule has 2 heterocycles. The predicted octanol–water partition coefficient (Wildman–Crippen LogP) is 2.47. The van der Waals surface area contributed by atoms with Crippen molar-refractivity contribution >= 4 is 39.7 Å². The van der Waals surface area contributed by atoms with Crippen LogP contribution >= 0.6 is 23.7 Å². The summed E-state index contributed by atoms with van der Waals surface area (Å²) in [5.41, 5.74) is 0.928. The largest absolute Gasteiger partial charge is 0.497 e. The fraction of sp³-hybridized carbons (Fsp3) is 0.312. The Morgan fingerprint density at radius 2 is 1.88 bits per heavy atom. The van der Waals surface area contributed by atoms with Gasteiger partial charge in [0.05, 0.1) is 19.1 Å². The van der Waals surface area contributed by atoms with Crippen molar-refractivity contribution in [3.05, 3.63) is 46.2 Å². The average molecular weight is 404 g/mol. The minimum absolute atomic E-state index is 0. The molecule has 0 amide bonds. The molecule has 1 aliphatic rings. The van der Waals surface area contributed by atoms with Crippen molar-refractivity contribution in [1.82, 2.24) is 4.31 Å². The number of thiophene rings is 1. The van der Waals surface area contributed by atoms with Gasteiger partial charge in [-0.1, -0.05) is 0 Å². The van der Waals surface area contributed by atoms with Crippen molar-refractivity contribution in [3.63, 3.8) is 0 Å². The lowest BCUT2D eigenvalue weighted by Gasteiger charge is -2.32. The Kier molecular flexibility index (Phi) is 6.10. The minimum atomic E-state index is -3.83. The summed E-state index contributed by atoms with van der Waals surface area (Å²) in [6.07, 6.45) is 0.328. The molecule has 0 fully saturated rings. The van der Waals surface area contributed by atoms with Gasteiger partial charge in [-0.25, -0.2) is 8.42 Å². The normalized spacial score (nSPS) is 17.3. The summed E-state index contributed by atoms with van der Waals surface area (Å²) in [4.78, 5) is 13.3. The van der Waals surface area contributed by atoms with Crippen LogP contribution in [0.1, 0.15) is 10.4 Å². The first-order valence-electron chi connectivity index (χ1n) is 7.26. The Balaban J connectivity index is 0.00000225. The van der Waals surface area contributed by atoms with Gasteiger partial charge in [-0.15, -0.1) is 23.7 Å². The van der Waals surface area contributed by atoms with Gasteiger partial charge in [-0.3, -0.25) is 4.79 Å². The van der Waals surface area contributed by atoms with Crippen LogP contribution in [-0.4, -0.2) is 39.0 Å². The lowest BCUT2D eigenvalue weighted by molar-refractivity contribution is -0.145. The van der Waals surface area contributed by atoms with Crippen LogP contribution in [0.5, 0.6) is 5.75 Å². The van der Waals surface area contributed by atoms with Gasteiger partial charge in [0.1, 0.15) is 11.8 Å². The molecule has 0 spiro atoms. The Morgan fingerprint density at radius 3 is 2.48 bits per heavy atom. The van der Waals surface area contributed by atoms with Crippen molar-refractivity contribution in [2.24, 2.45) is 0 Å². The number of esters is 1. The highest BCUT2D eigenvalue weighted by atomic mass is 35.5. The molecule has 0 aliphatic carbocycles. The molecule has 0 saturated carbocycles. The zero-order valence-corrected chi connectivity index (χ0v) is 16.1. The van der Waals surface area contributed by atoms with E-state index in [-0.39, 0.29) is 23.8 Å². The van der Waals surface area contributed by atoms with Gasteiger partial charge in [0.25, 0.3) is 0 Å². The van der Waals surface area contributed by atoms with Crippen molar-refractivity contribution < 1.29 is 22.7 Å². The van der Waals surface area contributed by atoms with Gasteiger partial charge in [0, 0.05) is 17.8 Å². The molecular formula is C16H18ClNO5S2. The van der Waals surface area contributed by atoms with Gasteiger partial charge in [-0.2, -0.15) is 4.31 Å². The molecule has 2 aromatic rings. The molecule has 136 valence electrons. The number of fused-ring (bicyclic) bond motifs is 1. The van der Waals surface area contributed by atoms with Gasteiger partial charge in [0.2, 0.25) is 10.0 Å². The van der Waals surface area contributed by atoms with Gasteiger partial charge in [0.15, 0.2) is 0 Å². The maximum atomic E-state index is 13.0. The monoisotopic (exact) mass is 403 g/mol. The molecule has 9 heteroatoms. The van der Waals surface area contributed by atoms with Crippen LogP contribution in [0.3, 0.4) is 0 Å². The van der Waals surface area contributed by atoms with E-state index in [0.29, 0.717) is 12.2 Å². The van der Waals surface area contributed by atoms with Crippen LogP contribution in [0.25, 0.3) is 0 Å². The van der Waals surface area contributed by atoms with E-state index in [9.17, 15) is 13.2 Å². The van der Waals surface area contributed by atoms with E-state index in [1.807, 2.05) is 11.4 Å². The molecule has 0 radical (unpaired) electrons. The summed E-state index contributed by atoms with van der Waals surface area (Å²) in [5, 5.41) is 1.91. The van der Waals surface area contributed by atoms with Crippen LogP contribution < -0.4 is 4.74 Å². The number of carbonyl (C=O) groups excluding carboxylic acids is 1. The van der Waals surface area contributed by atoms with E-state index < -0.39 is 22.0 Å². The third-order valence-electron chi connectivity index (χ3n) is 4.03. The molecule has 3 rings (SSSR count). The summed E-state index contributed by atoms with van der Waals surface area (Å²) >= 11 is 1.52. The van der Waals surface area contributed by atoms with Crippen LogP contribution in [0.2, 0.25) is 0 Å². The number of hydrogen-bond acceptors (Lipinski definition) is 6. The second-order valence-corrected chi connectivity index (χ2v) is 8.23. The molecule has 0 N–H and O–H groups in total. The molecule has 0 saturated heterocycles. The average Bonchev–Trinajstić information content (AvgIpc) is 3.07. The lowest BCUT2D eigenvalue weighted by atomic mass is 10.0. The fourth-order valence-electron chi connectivity index (χ4n) is 2.72. The van der Waals surface area contributed by atoms with Crippen LogP contribution in [0.4, 0.5) is 0 Å².